The SMILES string of the molecule is CCC[C@H](CC#N)C(=O)N[C@H](CO)Cc1ccccc1. The predicted octanol–water partition coefficient (Wildman–Crippen LogP) is 2.04. The minimum Gasteiger partial charge on any atom is -0.394 e. The number of hydrogen-bond donors (Lipinski definition) is 2. The minimum atomic E-state index is -0.303. The van der Waals surface area contributed by atoms with Gasteiger partial charge in [0, 0.05) is 6.42 Å². The molecule has 0 aliphatic rings. The first-order valence-corrected chi connectivity index (χ1v) is 7.03. The van der Waals surface area contributed by atoms with Crippen LogP contribution in [0.25, 0.3) is 0 Å². The molecule has 0 saturated carbocycles. The summed E-state index contributed by atoms with van der Waals surface area (Å²) in [6, 6.07) is 11.5. The highest BCUT2D eigenvalue weighted by Gasteiger charge is 2.20. The van der Waals surface area contributed by atoms with E-state index >= 15 is 0 Å². The van der Waals surface area contributed by atoms with Gasteiger partial charge >= 0.3 is 0 Å². The standard InChI is InChI=1S/C16H22N2O2/c1-2-6-14(9-10-17)16(20)18-15(12-19)11-13-7-4-3-5-8-13/h3-5,7-8,14-15,19H,2,6,9,11-12H2,1H3,(H,18,20)/t14-,15+/m1/s1. The van der Waals surface area contributed by atoms with Gasteiger partial charge in [0.2, 0.25) is 5.91 Å². The van der Waals surface area contributed by atoms with Crippen molar-refractivity contribution < 1.29 is 9.90 Å². The second-order valence-corrected chi connectivity index (χ2v) is 4.93. The lowest BCUT2D eigenvalue weighted by molar-refractivity contribution is -0.126. The Morgan fingerprint density at radius 1 is 1.40 bits per heavy atom. The van der Waals surface area contributed by atoms with E-state index in [2.05, 4.69) is 11.4 Å². The van der Waals surface area contributed by atoms with Gasteiger partial charge in [-0.25, -0.2) is 0 Å². The molecule has 2 atom stereocenters. The van der Waals surface area contributed by atoms with Gasteiger partial charge < -0.3 is 10.4 Å². The Balaban J connectivity index is 2.58. The number of nitrogens with zero attached hydrogens (tertiary/aromatic N) is 1. The van der Waals surface area contributed by atoms with Crippen LogP contribution >= 0.6 is 0 Å². The zero-order valence-electron chi connectivity index (χ0n) is 11.9. The molecule has 1 amide bonds. The molecule has 0 spiro atoms. The first kappa shape index (κ1) is 16.2. The van der Waals surface area contributed by atoms with Gasteiger partial charge in [0.05, 0.1) is 24.6 Å². The van der Waals surface area contributed by atoms with Crippen LogP contribution in [-0.2, 0) is 11.2 Å². The van der Waals surface area contributed by atoms with Gasteiger partial charge in [-0.15, -0.1) is 0 Å². The topological polar surface area (TPSA) is 73.1 Å². The molecule has 0 unspecified atom stereocenters. The predicted molar refractivity (Wildman–Crippen MR) is 77.8 cm³/mol. The molecule has 108 valence electrons. The molecule has 1 aromatic rings. The van der Waals surface area contributed by atoms with Crippen molar-refractivity contribution in [3.63, 3.8) is 0 Å². The fourth-order valence-electron chi connectivity index (χ4n) is 2.16. The molecule has 2 N–H and O–H groups in total. The van der Waals surface area contributed by atoms with Gasteiger partial charge in [0.25, 0.3) is 0 Å². The molecule has 0 aliphatic carbocycles. The molecule has 0 aliphatic heterocycles. The summed E-state index contributed by atoms with van der Waals surface area (Å²) in [4.78, 5) is 12.1. The maximum atomic E-state index is 12.1. The highest BCUT2D eigenvalue weighted by molar-refractivity contribution is 5.79. The average Bonchev–Trinajstić information content (AvgIpc) is 2.47. The van der Waals surface area contributed by atoms with Gasteiger partial charge in [-0.2, -0.15) is 5.26 Å². The number of hydrogen-bond acceptors (Lipinski definition) is 3. The number of carbonyl (C=O) groups excluding carboxylic acids is 1. The van der Waals surface area contributed by atoms with E-state index in [1.54, 1.807) is 0 Å². The van der Waals surface area contributed by atoms with Crippen LogP contribution < -0.4 is 5.32 Å². The van der Waals surface area contributed by atoms with Crippen LogP contribution in [0.15, 0.2) is 30.3 Å². The van der Waals surface area contributed by atoms with Gasteiger partial charge in [-0.1, -0.05) is 43.7 Å². The lowest BCUT2D eigenvalue weighted by atomic mass is 9.98. The molecular formula is C16H22N2O2. The van der Waals surface area contributed by atoms with Crippen molar-refractivity contribution in [3.8, 4) is 6.07 Å². The van der Waals surface area contributed by atoms with E-state index in [-0.39, 0.29) is 30.9 Å². The average molecular weight is 274 g/mol. The van der Waals surface area contributed by atoms with Crippen molar-refractivity contribution in [2.45, 2.75) is 38.6 Å². The van der Waals surface area contributed by atoms with E-state index in [1.807, 2.05) is 37.3 Å². The number of nitrogens with one attached hydrogen (secondary N) is 1. The van der Waals surface area contributed by atoms with Crippen LogP contribution in [0.5, 0.6) is 0 Å². The number of amides is 1. The quantitative estimate of drug-likeness (QED) is 0.762. The number of benzene rings is 1. The summed E-state index contributed by atoms with van der Waals surface area (Å²) in [7, 11) is 0. The van der Waals surface area contributed by atoms with Crippen LogP contribution in [0, 0.1) is 17.2 Å². The number of rotatable bonds is 8. The third kappa shape index (κ3) is 5.41. The second kappa shape index (κ2) is 9.11. The summed E-state index contributed by atoms with van der Waals surface area (Å²) in [5, 5.41) is 21.0. The second-order valence-electron chi connectivity index (χ2n) is 4.93. The van der Waals surface area contributed by atoms with Gasteiger partial charge in [-0.05, 0) is 18.4 Å². The highest BCUT2D eigenvalue weighted by Crippen LogP contribution is 2.12. The van der Waals surface area contributed by atoms with Crippen molar-refractivity contribution in [2.75, 3.05) is 6.61 Å². The van der Waals surface area contributed by atoms with E-state index in [4.69, 9.17) is 5.26 Å². The molecule has 4 heteroatoms. The molecule has 4 nitrogen and oxygen atoms in total. The van der Waals surface area contributed by atoms with Crippen LogP contribution in [-0.4, -0.2) is 23.7 Å². The summed E-state index contributed by atoms with van der Waals surface area (Å²) < 4.78 is 0. The minimum absolute atomic E-state index is 0.105. The maximum absolute atomic E-state index is 12.1. The Bertz CT molecular complexity index is 440. The van der Waals surface area contributed by atoms with Crippen LogP contribution in [0.1, 0.15) is 31.7 Å². The lowest BCUT2D eigenvalue weighted by Crippen LogP contribution is -2.42. The molecule has 20 heavy (non-hydrogen) atoms. The van der Waals surface area contributed by atoms with E-state index in [9.17, 15) is 9.90 Å². The molecule has 1 aromatic carbocycles. The highest BCUT2D eigenvalue weighted by atomic mass is 16.3. The van der Waals surface area contributed by atoms with Crippen LogP contribution in [0.4, 0.5) is 0 Å². The summed E-state index contributed by atoms with van der Waals surface area (Å²) in [5.41, 5.74) is 1.07. The lowest BCUT2D eigenvalue weighted by Gasteiger charge is -2.20. The summed E-state index contributed by atoms with van der Waals surface area (Å²) in [5.74, 6) is -0.418. The fraction of sp³-hybridized carbons (Fsp3) is 0.500. The molecule has 0 bridgehead atoms. The molecule has 0 fully saturated rings. The molecule has 0 heterocycles. The Kier molecular flexibility index (Phi) is 7.38. The van der Waals surface area contributed by atoms with Crippen LogP contribution in [0.2, 0.25) is 0 Å². The summed E-state index contributed by atoms with van der Waals surface area (Å²) in [6.45, 7) is 1.89. The van der Waals surface area contributed by atoms with E-state index in [1.165, 1.54) is 0 Å². The summed E-state index contributed by atoms with van der Waals surface area (Å²) in [6.07, 6.45) is 2.38. The third-order valence-corrected chi connectivity index (χ3v) is 3.24. The maximum Gasteiger partial charge on any atom is 0.224 e. The summed E-state index contributed by atoms with van der Waals surface area (Å²) >= 11 is 0. The number of aliphatic hydroxyl groups excluding tert-OH is 1. The number of nitriles is 1. The molecule has 0 saturated heterocycles. The molecule has 0 aromatic heterocycles. The number of carbonyl (C=O) groups is 1. The first-order chi connectivity index (χ1) is 9.71. The number of aliphatic hydroxyl groups is 1. The Morgan fingerprint density at radius 2 is 2.10 bits per heavy atom. The van der Waals surface area contributed by atoms with E-state index < -0.39 is 0 Å². The van der Waals surface area contributed by atoms with E-state index in [0.29, 0.717) is 12.8 Å². The van der Waals surface area contributed by atoms with Crippen molar-refractivity contribution >= 4 is 5.91 Å². The van der Waals surface area contributed by atoms with Crippen molar-refractivity contribution in [1.82, 2.24) is 5.32 Å². The van der Waals surface area contributed by atoms with Gasteiger partial charge in [0.1, 0.15) is 0 Å². The molecule has 0 radical (unpaired) electrons. The van der Waals surface area contributed by atoms with Crippen molar-refractivity contribution in [3.05, 3.63) is 35.9 Å². The van der Waals surface area contributed by atoms with Crippen molar-refractivity contribution in [2.24, 2.45) is 5.92 Å². The zero-order valence-corrected chi connectivity index (χ0v) is 11.9. The zero-order chi connectivity index (χ0) is 14.8. The smallest absolute Gasteiger partial charge is 0.224 e. The molecule has 1 rings (SSSR count). The Morgan fingerprint density at radius 3 is 2.65 bits per heavy atom. The largest absolute Gasteiger partial charge is 0.394 e. The Labute approximate surface area is 120 Å². The third-order valence-electron chi connectivity index (χ3n) is 3.24. The van der Waals surface area contributed by atoms with Crippen molar-refractivity contribution in [1.29, 1.82) is 5.26 Å². The fourth-order valence-corrected chi connectivity index (χ4v) is 2.16. The van der Waals surface area contributed by atoms with Gasteiger partial charge in [-0.3, -0.25) is 4.79 Å². The normalized spacial score (nSPS) is 13.2. The van der Waals surface area contributed by atoms with Crippen LogP contribution in [0.3, 0.4) is 0 Å². The first-order valence-electron chi connectivity index (χ1n) is 7.03. The van der Waals surface area contributed by atoms with E-state index in [0.717, 1.165) is 12.0 Å². The monoisotopic (exact) mass is 274 g/mol. The van der Waals surface area contributed by atoms with Gasteiger partial charge in [0.15, 0.2) is 0 Å². The molecular weight excluding hydrogens is 252 g/mol. The Hall–Kier alpha value is -1.86.